The smallest absolute Gasteiger partial charge is 0.293 e. The van der Waals surface area contributed by atoms with Crippen molar-refractivity contribution in [2.24, 2.45) is 0 Å². The van der Waals surface area contributed by atoms with Crippen LogP contribution in [-0.4, -0.2) is 46.4 Å². The van der Waals surface area contributed by atoms with E-state index < -0.39 is 28.4 Å². The Morgan fingerprint density at radius 1 is 1.12 bits per heavy atom. The molecule has 2 aliphatic rings. The lowest BCUT2D eigenvalue weighted by Crippen LogP contribution is -2.33. The van der Waals surface area contributed by atoms with Gasteiger partial charge in [-0.15, -0.1) is 0 Å². The number of ketones is 1. The van der Waals surface area contributed by atoms with Crippen LogP contribution in [0.1, 0.15) is 34.3 Å². The number of nitro groups is 1. The van der Waals surface area contributed by atoms with Gasteiger partial charge in [-0.2, -0.15) is 0 Å². The van der Waals surface area contributed by atoms with Gasteiger partial charge in [-0.25, -0.2) is 0 Å². The molecule has 2 amide bonds. The number of amides is 2. The molecule has 0 bridgehead atoms. The fourth-order valence-corrected chi connectivity index (χ4v) is 4.60. The number of nitro benzene ring substituents is 1. The molecule has 2 fully saturated rings. The van der Waals surface area contributed by atoms with Crippen LogP contribution in [0.4, 0.5) is 16.2 Å². The van der Waals surface area contributed by atoms with Crippen molar-refractivity contribution in [3.05, 3.63) is 74.2 Å². The average molecular weight is 452 g/mol. The molecular weight excluding hydrogens is 430 g/mol. The zero-order valence-corrected chi connectivity index (χ0v) is 18.3. The minimum atomic E-state index is -0.560. The predicted octanol–water partition coefficient (Wildman–Crippen LogP) is 4.42. The standard InChI is InChI=1S/C23H21N3O5S/c1-15-12-19(24-10-2-3-11-24)9-6-17(15)13-21-22(28)25(23(29)32-21)14-20(27)16-4-7-18(8-5-16)26(30)31/h4-9,12-13H,2-3,10-11,14H2,1H3/b21-13+. The van der Waals surface area contributed by atoms with Crippen molar-refractivity contribution < 1.29 is 19.3 Å². The van der Waals surface area contributed by atoms with Gasteiger partial charge in [0.1, 0.15) is 0 Å². The molecule has 0 saturated carbocycles. The van der Waals surface area contributed by atoms with E-state index in [0.717, 1.165) is 46.6 Å². The van der Waals surface area contributed by atoms with Crippen LogP contribution in [0.2, 0.25) is 0 Å². The summed E-state index contributed by atoms with van der Waals surface area (Å²) in [5.74, 6) is -0.979. The summed E-state index contributed by atoms with van der Waals surface area (Å²) in [5, 5.41) is 10.2. The zero-order chi connectivity index (χ0) is 22.8. The van der Waals surface area contributed by atoms with Crippen molar-refractivity contribution in [1.29, 1.82) is 0 Å². The first-order valence-corrected chi connectivity index (χ1v) is 11.0. The van der Waals surface area contributed by atoms with Crippen molar-refractivity contribution in [1.82, 2.24) is 4.90 Å². The molecule has 2 aromatic carbocycles. The Hall–Kier alpha value is -3.46. The number of thioether (sulfide) groups is 1. The first kappa shape index (κ1) is 21.8. The Kier molecular flexibility index (Phi) is 6.09. The number of imide groups is 1. The second kappa shape index (κ2) is 8.96. The number of Topliss-reactive ketones (excluding diaryl/α,β-unsaturated/α-hetero) is 1. The number of rotatable bonds is 6. The summed E-state index contributed by atoms with van der Waals surface area (Å²) in [5.41, 5.74) is 3.07. The van der Waals surface area contributed by atoms with Gasteiger partial charge in [-0.1, -0.05) is 6.07 Å². The van der Waals surface area contributed by atoms with Crippen LogP contribution >= 0.6 is 11.8 Å². The van der Waals surface area contributed by atoms with Crippen molar-refractivity contribution in [3.8, 4) is 0 Å². The van der Waals surface area contributed by atoms with E-state index in [2.05, 4.69) is 11.0 Å². The summed E-state index contributed by atoms with van der Waals surface area (Å²) in [6.45, 7) is 3.64. The Labute approximate surface area is 189 Å². The maximum Gasteiger partial charge on any atom is 0.293 e. The lowest BCUT2D eigenvalue weighted by molar-refractivity contribution is -0.384. The fourth-order valence-electron chi connectivity index (χ4n) is 3.78. The molecule has 0 unspecified atom stereocenters. The molecule has 2 aromatic rings. The van der Waals surface area contributed by atoms with Crippen molar-refractivity contribution >= 4 is 46.1 Å². The minimum absolute atomic E-state index is 0.137. The van der Waals surface area contributed by atoms with E-state index >= 15 is 0 Å². The normalized spacial score (nSPS) is 17.5. The molecule has 0 atom stereocenters. The number of hydrogen-bond donors (Lipinski definition) is 0. The van der Waals surface area contributed by atoms with Crippen LogP contribution < -0.4 is 4.90 Å². The molecule has 164 valence electrons. The Balaban J connectivity index is 1.48. The Bertz CT molecular complexity index is 1140. The van der Waals surface area contributed by atoms with Gasteiger partial charge in [-0.3, -0.25) is 29.4 Å². The summed E-state index contributed by atoms with van der Waals surface area (Å²) in [4.78, 5) is 51.4. The molecule has 0 radical (unpaired) electrons. The molecule has 0 aliphatic carbocycles. The van der Waals surface area contributed by atoms with E-state index in [0.29, 0.717) is 0 Å². The fraction of sp³-hybridized carbons (Fsp3) is 0.261. The van der Waals surface area contributed by atoms with Gasteiger partial charge in [-0.05, 0) is 73.0 Å². The minimum Gasteiger partial charge on any atom is -0.372 e. The van der Waals surface area contributed by atoms with Gasteiger partial charge in [0.05, 0.1) is 16.4 Å². The number of carbonyl (C=O) groups excluding carboxylic acids is 3. The molecule has 0 N–H and O–H groups in total. The maximum absolute atomic E-state index is 12.8. The van der Waals surface area contributed by atoms with E-state index in [9.17, 15) is 24.5 Å². The summed E-state index contributed by atoms with van der Waals surface area (Å²) >= 11 is 0.805. The number of nitrogens with zero attached hydrogens (tertiary/aromatic N) is 3. The first-order chi connectivity index (χ1) is 15.3. The second-order valence-electron chi connectivity index (χ2n) is 7.73. The van der Waals surface area contributed by atoms with Crippen LogP contribution in [0.5, 0.6) is 0 Å². The lowest BCUT2D eigenvalue weighted by atomic mass is 10.1. The van der Waals surface area contributed by atoms with Gasteiger partial charge >= 0.3 is 0 Å². The topological polar surface area (TPSA) is 101 Å². The number of aryl methyl sites for hydroxylation is 1. The lowest BCUT2D eigenvalue weighted by Gasteiger charge is -2.18. The van der Waals surface area contributed by atoms with Crippen LogP contribution in [0.3, 0.4) is 0 Å². The SMILES string of the molecule is Cc1cc(N2CCCC2)ccc1/C=C1/SC(=O)N(CC(=O)c2ccc([N+](=O)[O-])cc2)C1=O. The van der Waals surface area contributed by atoms with E-state index in [4.69, 9.17) is 0 Å². The van der Waals surface area contributed by atoms with Gasteiger partial charge in [0, 0.05) is 36.5 Å². The maximum atomic E-state index is 12.8. The molecular formula is C23H21N3O5S. The summed E-state index contributed by atoms with van der Waals surface area (Å²) in [6, 6.07) is 11.1. The van der Waals surface area contributed by atoms with E-state index in [-0.39, 0.29) is 16.2 Å². The molecule has 0 aromatic heterocycles. The van der Waals surface area contributed by atoms with E-state index in [1.807, 2.05) is 19.1 Å². The van der Waals surface area contributed by atoms with Crippen molar-refractivity contribution in [2.75, 3.05) is 24.5 Å². The van der Waals surface area contributed by atoms with E-state index in [1.165, 1.54) is 37.1 Å². The van der Waals surface area contributed by atoms with Crippen LogP contribution in [0.15, 0.2) is 47.4 Å². The molecule has 0 spiro atoms. The van der Waals surface area contributed by atoms with Gasteiger partial charge < -0.3 is 4.90 Å². The van der Waals surface area contributed by atoms with Crippen molar-refractivity contribution in [3.63, 3.8) is 0 Å². The highest BCUT2D eigenvalue weighted by atomic mass is 32.2. The average Bonchev–Trinajstić information content (AvgIpc) is 3.40. The molecule has 8 nitrogen and oxygen atoms in total. The molecule has 2 aliphatic heterocycles. The summed E-state index contributed by atoms with van der Waals surface area (Å²) in [6.07, 6.45) is 4.06. The Morgan fingerprint density at radius 3 is 2.44 bits per heavy atom. The van der Waals surface area contributed by atoms with E-state index in [1.54, 1.807) is 6.08 Å². The first-order valence-electron chi connectivity index (χ1n) is 10.2. The van der Waals surface area contributed by atoms with Gasteiger partial charge in [0.25, 0.3) is 16.8 Å². The second-order valence-corrected chi connectivity index (χ2v) is 8.72. The number of benzene rings is 2. The highest BCUT2D eigenvalue weighted by Gasteiger charge is 2.36. The molecule has 9 heteroatoms. The predicted molar refractivity (Wildman–Crippen MR) is 123 cm³/mol. The summed E-state index contributed by atoms with van der Waals surface area (Å²) < 4.78 is 0. The highest BCUT2D eigenvalue weighted by molar-refractivity contribution is 8.18. The molecule has 2 heterocycles. The monoisotopic (exact) mass is 451 g/mol. The quantitative estimate of drug-likeness (QED) is 0.277. The summed E-state index contributed by atoms with van der Waals surface area (Å²) in [7, 11) is 0. The number of non-ortho nitro benzene ring substituents is 1. The molecule has 4 rings (SSSR count). The number of anilines is 1. The van der Waals surface area contributed by atoms with Crippen molar-refractivity contribution in [2.45, 2.75) is 19.8 Å². The third-order valence-electron chi connectivity index (χ3n) is 5.59. The third kappa shape index (κ3) is 4.43. The van der Waals surface area contributed by atoms with Crippen LogP contribution in [-0.2, 0) is 4.79 Å². The number of carbonyl (C=O) groups is 3. The largest absolute Gasteiger partial charge is 0.372 e. The highest BCUT2D eigenvalue weighted by Crippen LogP contribution is 2.33. The zero-order valence-electron chi connectivity index (χ0n) is 17.4. The third-order valence-corrected chi connectivity index (χ3v) is 6.49. The molecule has 32 heavy (non-hydrogen) atoms. The molecule has 2 saturated heterocycles. The van der Waals surface area contributed by atoms with Gasteiger partial charge in [0.2, 0.25) is 0 Å². The Morgan fingerprint density at radius 2 is 1.81 bits per heavy atom. The van der Waals surface area contributed by atoms with Crippen LogP contribution in [0.25, 0.3) is 6.08 Å². The van der Waals surface area contributed by atoms with Crippen LogP contribution in [0, 0.1) is 17.0 Å². The number of hydrogen-bond acceptors (Lipinski definition) is 7. The van der Waals surface area contributed by atoms with Gasteiger partial charge in [0.15, 0.2) is 5.78 Å².